The molecule has 2 aromatic heterocycles. The number of carbonyl (C=O) groups excluding carboxylic acids is 1. The molecule has 0 aliphatic rings. The van der Waals surface area contributed by atoms with Crippen LogP contribution in [0, 0.1) is 0 Å². The van der Waals surface area contributed by atoms with Gasteiger partial charge in [-0.1, -0.05) is 12.1 Å². The molecule has 2 N–H and O–H groups in total. The largest absolute Gasteiger partial charge is 0.508 e. The normalized spacial score (nSPS) is 10.7. The molecule has 3 rings (SSSR count). The summed E-state index contributed by atoms with van der Waals surface area (Å²) in [6.45, 7) is 0. The second-order valence-electron chi connectivity index (χ2n) is 3.98. The van der Waals surface area contributed by atoms with Gasteiger partial charge in [-0.2, -0.15) is 0 Å². The summed E-state index contributed by atoms with van der Waals surface area (Å²) < 4.78 is 0. The molecular formula is C14H10N2O2. The number of H-pyrrole nitrogens is 1. The fourth-order valence-electron chi connectivity index (χ4n) is 1.95. The van der Waals surface area contributed by atoms with Gasteiger partial charge in [-0.15, -0.1) is 0 Å². The molecule has 0 radical (unpaired) electrons. The third-order valence-electron chi connectivity index (χ3n) is 2.80. The van der Waals surface area contributed by atoms with Gasteiger partial charge in [0.25, 0.3) is 0 Å². The molecule has 3 aromatic rings. The van der Waals surface area contributed by atoms with Crippen molar-refractivity contribution >= 4 is 16.8 Å². The maximum absolute atomic E-state index is 12.3. The monoisotopic (exact) mass is 238 g/mol. The molecule has 0 bridgehead atoms. The minimum absolute atomic E-state index is 0.0822. The Morgan fingerprint density at radius 1 is 1.22 bits per heavy atom. The van der Waals surface area contributed by atoms with E-state index in [1.807, 2.05) is 6.07 Å². The number of aromatic amines is 1. The summed E-state index contributed by atoms with van der Waals surface area (Å²) in [4.78, 5) is 19.4. The van der Waals surface area contributed by atoms with Crippen molar-refractivity contribution < 1.29 is 9.90 Å². The maximum Gasteiger partial charge on any atom is 0.195 e. The molecule has 2 heterocycles. The van der Waals surface area contributed by atoms with Crippen molar-refractivity contribution in [3.63, 3.8) is 0 Å². The molecule has 0 spiro atoms. The van der Waals surface area contributed by atoms with Gasteiger partial charge in [0, 0.05) is 28.9 Å². The molecule has 0 aliphatic carbocycles. The summed E-state index contributed by atoms with van der Waals surface area (Å²) in [6.07, 6.45) is 3.31. The van der Waals surface area contributed by atoms with Crippen LogP contribution < -0.4 is 0 Å². The van der Waals surface area contributed by atoms with Gasteiger partial charge in [-0.05, 0) is 24.3 Å². The average Bonchev–Trinajstić information content (AvgIpc) is 2.82. The minimum atomic E-state index is -0.134. The first-order chi connectivity index (χ1) is 8.75. The Hall–Kier alpha value is -2.62. The van der Waals surface area contributed by atoms with E-state index in [9.17, 15) is 9.90 Å². The first-order valence-electron chi connectivity index (χ1n) is 5.51. The number of fused-ring (bicyclic) bond motifs is 1. The summed E-state index contributed by atoms with van der Waals surface area (Å²) in [5.41, 5.74) is 1.70. The van der Waals surface area contributed by atoms with Crippen LogP contribution in [0.3, 0.4) is 0 Å². The number of phenolic OH excluding ortho intramolecular Hbond substituents is 1. The number of hydrogen-bond donors (Lipinski definition) is 2. The van der Waals surface area contributed by atoms with Gasteiger partial charge in [0.2, 0.25) is 0 Å². The van der Waals surface area contributed by atoms with E-state index in [-0.39, 0.29) is 11.5 Å². The zero-order chi connectivity index (χ0) is 12.5. The predicted octanol–water partition coefficient (Wildman–Crippen LogP) is 2.50. The Morgan fingerprint density at radius 2 is 2.11 bits per heavy atom. The number of pyridine rings is 1. The molecule has 4 heteroatoms. The number of nitrogens with one attached hydrogen (secondary N) is 1. The Morgan fingerprint density at radius 3 is 2.94 bits per heavy atom. The van der Waals surface area contributed by atoms with E-state index < -0.39 is 0 Å². The Bertz CT molecular complexity index is 731. The van der Waals surface area contributed by atoms with Gasteiger partial charge in [0.15, 0.2) is 5.78 Å². The van der Waals surface area contributed by atoms with Gasteiger partial charge in [0.05, 0.1) is 0 Å². The number of aromatic hydroxyl groups is 1. The number of ketones is 1. The Labute approximate surface area is 103 Å². The topological polar surface area (TPSA) is 66.0 Å². The highest BCUT2D eigenvalue weighted by Gasteiger charge is 2.14. The van der Waals surface area contributed by atoms with Crippen LogP contribution in [0.15, 0.2) is 48.8 Å². The highest BCUT2D eigenvalue weighted by Crippen LogP contribution is 2.21. The predicted molar refractivity (Wildman–Crippen MR) is 67.6 cm³/mol. The van der Waals surface area contributed by atoms with Crippen molar-refractivity contribution in [1.82, 2.24) is 9.97 Å². The Kier molecular flexibility index (Phi) is 2.34. The quantitative estimate of drug-likeness (QED) is 0.674. The zero-order valence-electron chi connectivity index (χ0n) is 9.42. The van der Waals surface area contributed by atoms with Crippen molar-refractivity contribution in [2.24, 2.45) is 0 Å². The molecule has 0 atom stereocenters. The van der Waals surface area contributed by atoms with Crippen LogP contribution in [0.2, 0.25) is 0 Å². The lowest BCUT2D eigenvalue weighted by molar-refractivity contribution is 0.104. The van der Waals surface area contributed by atoms with Crippen LogP contribution in [0.4, 0.5) is 0 Å². The second kappa shape index (κ2) is 4.00. The van der Waals surface area contributed by atoms with Crippen molar-refractivity contribution in [1.29, 1.82) is 0 Å². The SMILES string of the molecule is O=C(c1cccc(O)c1)c1c[nH]c2ncccc12. The number of rotatable bonds is 2. The van der Waals surface area contributed by atoms with Gasteiger partial charge >= 0.3 is 0 Å². The van der Waals surface area contributed by atoms with Crippen LogP contribution >= 0.6 is 0 Å². The molecular weight excluding hydrogens is 228 g/mol. The Balaban J connectivity index is 2.12. The van der Waals surface area contributed by atoms with E-state index >= 15 is 0 Å². The lowest BCUT2D eigenvalue weighted by Gasteiger charge is -2.00. The van der Waals surface area contributed by atoms with E-state index in [1.54, 1.807) is 30.6 Å². The molecule has 4 nitrogen and oxygen atoms in total. The van der Waals surface area contributed by atoms with E-state index in [0.717, 1.165) is 5.39 Å². The summed E-state index contributed by atoms with van der Waals surface area (Å²) in [6, 6.07) is 9.95. The van der Waals surface area contributed by atoms with Crippen LogP contribution in [0.25, 0.3) is 11.0 Å². The van der Waals surface area contributed by atoms with Gasteiger partial charge in [-0.25, -0.2) is 4.98 Å². The van der Waals surface area contributed by atoms with Crippen molar-refractivity contribution in [3.8, 4) is 5.75 Å². The standard InChI is InChI=1S/C14H10N2O2/c17-10-4-1-3-9(7-10)13(18)12-8-16-14-11(12)5-2-6-15-14/h1-8,17H,(H,15,16). The lowest BCUT2D eigenvalue weighted by atomic mass is 10.0. The zero-order valence-corrected chi connectivity index (χ0v) is 9.42. The van der Waals surface area contributed by atoms with Crippen LogP contribution in [-0.4, -0.2) is 20.9 Å². The average molecular weight is 238 g/mol. The maximum atomic E-state index is 12.3. The minimum Gasteiger partial charge on any atom is -0.508 e. The molecule has 0 unspecified atom stereocenters. The molecule has 0 saturated heterocycles. The number of nitrogens with zero attached hydrogens (tertiary/aromatic N) is 1. The number of carbonyl (C=O) groups is 1. The fraction of sp³-hybridized carbons (Fsp3) is 0. The summed E-state index contributed by atoms with van der Waals surface area (Å²) in [7, 11) is 0. The molecule has 0 fully saturated rings. The van der Waals surface area contributed by atoms with E-state index in [0.29, 0.717) is 16.8 Å². The summed E-state index contributed by atoms with van der Waals surface area (Å²) in [5.74, 6) is -0.0519. The van der Waals surface area contributed by atoms with Crippen LogP contribution in [-0.2, 0) is 0 Å². The molecule has 88 valence electrons. The smallest absolute Gasteiger partial charge is 0.195 e. The highest BCUT2D eigenvalue weighted by atomic mass is 16.3. The molecule has 1 aromatic carbocycles. The van der Waals surface area contributed by atoms with Crippen LogP contribution in [0.5, 0.6) is 5.75 Å². The molecule has 0 aliphatic heterocycles. The molecule has 18 heavy (non-hydrogen) atoms. The lowest BCUT2D eigenvalue weighted by Crippen LogP contribution is -1.99. The van der Waals surface area contributed by atoms with Crippen molar-refractivity contribution in [2.75, 3.05) is 0 Å². The number of benzene rings is 1. The second-order valence-corrected chi connectivity index (χ2v) is 3.98. The molecule has 0 saturated carbocycles. The van der Waals surface area contributed by atoms with Gasteiger partial charge in [-0.3, -0.25) is 4.79 Å². The first kappa shape index (κ1) is 10.5. The van der Waals surface area contributed by atoms with Gasteiger partial charge in [0.1, 0.15) is 11.4 Å². The fourth-order valence-corrected chi connectivity index (χ4v) is 1.95. The van der Waals surface area contributed by atoms with E-state index in [2.05, 4.69) is 9.97 Å². The van der Waals surface area contributed by atoms with Crippen molar-refractivity contribution in [2.45, 2.75) is 0 Å². The van der Waals surface area contributed by atoms with E-state index in [4.69, 9.17) is 0 Å². The first-order valence-corrected chi connectivity index (χ1v) is 5.51. The van der Waals surface area contributed by atoms with Crippen molar-refractivity contribution in [3.05, 3.63) is 59.9 Å². The van der Waals surface area contributed by atoms with Gasteiger partial charge < -0.3 is 10.1 Å². The number of aromatic nitrogens is 2. The molecule has 0 amide bonds. The van der Waals surface area contributed by atoms with Crippen LogP contribution in [0.1, 0.15) is 15.9 Å². The number of phenols is 1. The third-order valence-corrected chi connectivity index (χ3v) is 2.80. The third kappa shape index (κ3) is 1.64. The number of hydrogen-bond acceptors (Lipinski definition) is 3. The summed E-state index contributed by atoms with van der Waals surface area (Å²) in [5, 5.41) is 10.2. The summed E-state index contributed by atoms with van der Waals surface area (Å²) >= 11 is 0. The highest BCUT2D eigenvalue weighted by molar-refractivity contribution is 6.16. The van der Waals surface area contributed by atoms with E-state index in [1.165, 1.54) is 12.1 Å².